The van der Waals surface area contributed by atoms with Gasteiger partial charge in [0.25, 0.3) is 0 Å². The largest absolute Gasteiger partial charge is 0.479 e. The van der Waals surface area contributed by atoms with Gasteiger partial charge in [-0.2, -0.15) is 15.0 Å². The maximum Gasteiger partial charge on any atom is 0.335 e. The number of hydrogen-bond acceptors (Lipinski definition) is 11. The third-order valence-corrected chi connectivity index (χ3v) is 3.40. The van der Waals surface area contributed by atoms with E-state index in [1.807, 2.05) is 20.8 Å². The van der Waals surface area contributed by atoms with Gasteiger partial charge in [-0.15, -0.1) is 0 Å². The molecule has 1 aromatic heterocycles. The predicted molar refractivity (Wildman–Crippen MR) is 87.7 cm³/mol. The molecule has 0 aromatic carbocycles. The van der Waals surface area contributed by atoms with Crippen molar-refractivity contribution < 1.29 is 34.7 Å². The van der Waals surface area contributed by atoms with Crippen molar-refractivity contribution in [3.63, 3.8) is 0 Å². The summed E-state index contributed by atoms with van der Waals surface area (Å²) in [6, 6.07) is -0.236. The molecule has 1 aromatic rings. The van der Waals surface area contributed by atoms with Crippen molar-refractivity contribution >= 4 is 17.9 Å². The van der Waals surface area contributed by atoms with E-state index in [1.165, 1.54) is 0 Å². The SMILES string of the molecule is CCNc1nc(NC(C)C)nc(OC2OC(C(=O)O)[C@H](O)[C@H](O)[C@@H]2O)n1. The predicted octanol–water partition coefficient (Wildman–Crippen LogP) is -1.61. The average molecular weight is 373 g/mol. The molecule has 0 amide bonds. The van der Waals surface area contributed by atoms with E-state index < -0.39 is 36.7 Å². The standard InChI is InChI=1S/C14H23N5O7/c1-4-15-12-17-13(16-5(2)3)19-14(18-12)26-11-8(22)6(20)7(21)9(25-11)10(23)24/h5-9,11,20-22H,4H2,1-3H3,(H,23,24)(H2,15,16,17,18,19)/t6-,7+,8-,9?,11?/m0/s1. The molecular weight excluding hydrogens is 350 g/mol. The van der Waals surface area contributed by atoms with Crippen LogP contribution in [0, 0.1) is 0 Å². The smallest absolute Gasteiger partial charge is 0.335 e. The summed E-state index contributed by atoms with van der Waals surface area (Å²) in [4.78, 5) is 23.3. The highest BCUT2D eigenvalue weighted by Crippen LogP contribution is 2.24. The minimum absolute atomic E-state index is 0.0182. The number of aliphatic hydroxyl groups excluding tert-OH is 3. The van der Waals surface area contributed by atoms with Crippen LogP contribution >= 0.6 is 0 Å². The van der Waals surface area contributed by atoms with Crippen LogP contribution in [0.5, 0.6) is 6.01 Å². The maximum atomic E-state index is 11.1. The Hall–Kier alpha value is -2.28. The highest BCUT2D eigenvalue weighted by atomic mass is 16.7. The summed E-state index contributed by atoms with van der Waals surface area (Å²) in [5, 5.41) is 44.4. The molecule has 2 unspecified atom stereocenters. The van der Waals surface area contributed by atoms with Crippen molar-refractivity contribution in [3.8, 4) is 6.01 Å². The minimum atomic E-state index is -1.81. The van der Waals surface area contributed by atoms with Crippen LogP contribution < -0.4 is 15.4 Å². The molecule has 1 saturated heterocycles. The van der Waals surface area contributed by atoms with Crippen LogP contribution in [0.2, 0.25) is 0 Å². The molecule has 0 spiro atoms. The number of aromatic nitrogens is 3. The number of anilines is 2. The zero-order valence-electron chi connectivity index (χ0n) is 14.5. The van der Waals surface area contributed by atoms with Crippen LogP contribution in [0.15, 0.2) is 0 Å². The quantitative estimate of drug-likeness (QED) is 0.322. The molecule has 1 aliphatic rings. The molecule has 12 nitrogen and oxygen atoms in total. The number of carboxylic acids is 1. The fourth-order valence-corrected chi connectivity index (χ4v) is 2.22. The van der Waals surface area contributed by atoms with Crippen molar-refractivity contribution in [1.29, 1.82) is 0 Å². The third-order valence-electron chi connectivity index (χ3n) is 3.40. The number of carbonyl (C=O) groups is 1. The number of aliphatic carboxylic acids is 1. The number of nitrogens with zero attached hydrogens (tertiary/aromatic N) is 3. The van der Waals surface area contributed by atoms with Crippen molar-refractivity contribution in [2.45, 2.75) is 57.5 Å². The molecule has 0 radical (unpaired) electrons. The second-order valence-electron chi connectivity index (χ2n) is 5.95. The first-order chi connectivity index (χ1) is 12.2. The Labute approximate surface area is 149 Å². The Kier molecular flexibility index (Phi) is 6.47. The topological polar surface area (TPSA) is 179 Å². The Morgan fingerprint density at radius 3 is 2.38 bits per heavy atom. The fourth-order valence-electron chi connectivity index (χ4n) is 2.22. The molecule has 26 heavy (non-hydrogen) atoms. The fraction of sp³-hybridized carbons (Fsp3) is 0.714. The van der Waals surface area contributed by atoms with E-state index in [0.717, 1.165) is 0 Å². The summed E-state index contributed by atoms with van der Waals surface area (Å²) in [6.07, 6.45) is -8.67. The van der Waals surface area contributed by atoms with E-state index in [9.17, 15) is 20.1 Å². The van der Waals surface area contributed by atoms with Crippen molar-refractivity contribution in [3.05, 3.63) is 0 Å². The van der Waals surface area contributed by atoms with Crippen molar-refractivity contribution in [2.24, 2.45) is 0 Å². The van der Waals surface area contributed by atoms with Gasteiger partial charge in [-0.3, -0.25) is 0 Å². The lowest BCUT2D eigenvalue weighted by molar-refractivity contribution is -0.272. The monoisotopic (exact) mass is 373 g/mol. The van der Waals surface area contributed by atoms with Gasteiger partial charge in [-0.25, -0.2) is 4.79 Å². The van der Waals surface area contributed by atoms with Crippen LogP contribution in [-0.4, -0.2) is 84.6 Å². The molecule has 1 fully saturated rings. The third kappa shape index (κ3) is 4.66. The molecule has 2 heterocycles. The normalized spacial score (nSPS) is 28.7. The highest BCUT2D eigenvalue weighted by Gasteiger charge is 2.48. The Bertz CT molecular complexity index is 632. The van der Waals surface area contributed by atoms with E-state index in [0.29, 0.717) is 6.54 Å². The molecule has 2 rings (SSSR count). The van der Waals surface area contributed by atoms with E-state index >= 15 is 0 Å². The summed E-state index contributed by atoms with van der Waals surface area (Å²) in [5.41, 5.74) is 0. The van der Waals surface area contributed by atoms with Gasteiger partial charge in [-0.1, -0.05) is 0 Å². The Morgan fingerprint density at radius 2 is 1.81 bits per heavy atom. The molecule has 5 atom stereocenters. The molecule has 6 N–H and O–H groups in total. The number of nitrogens with one attached hydrogen (secondary N) is 2. The Balaban J connectivity index is 2.24. The molecule has 146 valence electrons. The first kappa shape index (κ1) is 20.0. The molecular formula is C14H23N5O7. The van der Waals surface area contributed by atoms with Crippen LogP contribution in [0.3, 0.4) is 0 Å². The number of aliphatic hydroxyl groups is 3. The number of carboxylic acid groups (broad SMARTS) is 1. The number of hydrogen-bond donors (Lipinski definition) is 6. The second-order valence-corrected chi connectivity index (χ2v) is 5.95. The van der Waals surface area contributed by atoms with Gasteiger partial charge in [0.1, 0.15) is 18.3 Å². The van der Waals surface area contributed by atoms with Gasteiger partial charge in [0, 0.05) is 12.6 Å². The lowest BCUT2D eigenvalue weighted by atomic mass is 9.99. The van der Waals surface area contributed by atoms with Gasteiger partial charge in [0.05, 0.1) is 0 Å². The highest BCUT2D eigenvalue weighted by molar-refractivity contribution is 5.73. The maximum absolute atomic E-state index is 11.1. The number of rotatable bonds is 7. The summed E-state index contributed by atoms with van der Waals surface area (Å²) < 4.78 is 10.4. The van der Waals surface area contributed by atoms with Gasteiger partial charge in [-0.05, 0) is 20.8 Å². The van der Waals surface area contributed by atoms with Crippen LogP contribution in [0.1, 0.15) is 20.8 Å². The van der Waals surface area contributed by atoms with Gasteiger partial charge < -0.3 is 40.5 Å². The summed E-state index contributed by atoms with van der Waals surface area (Å²) in [5.74, 6) is -1.12. The zero-order valence-corrected chi connectivity index (χ0v) is 14.5. The van der Waals surface area contributed by atoms with Gasteiger partial charge >= 0.3 is 12.0 Å². The lowest BCUT2D eigenvalue weighted by Gasteiger charge is -2.37. The average Bonchev–Trinajstić information content (AvgIpc) is 2.54. The number of ether oxygens (including phenoxy) is 2. The molecule has 0 bridgehead atoms. The lowest BCUT2D eigenvalue weighted by Crippen LogP contribution is -2.61. The first-order valence-corrected chi connectivity index (χ1v) is 8.08. The van der Waals surface area contributed by atoms with Crippen LogP contribution in [0.4, 0.5) is 11.9 Å². The molecule has 0 saturated carbocycles. The Morgan fingerprint density at radius 1 is 1.15 bits per heavy atom. The first-order valence-electron chi connectivity index (χ1n) is 8.08. The van der Waals surface area contributed by atoms with Gasteiger partial charge in [0.15, 0.2) is 6.10 Å². The van der Waals surface area contributed by atoms with E-state index in [1.54, 1.807) is 0 Å². The van der Waals surface area contributed by atoms with Crippen molar-refractivity contribution in [1.82, 2.24) is 15.0 Å². The molecule has 0 aliphatic carbocycles. The van der Waals surface area contributed by atoms with E-state index in [2.05, 4.69) is 25.6 Å². The van der Waals surface area contributed by atoms with E-state index in [4.69, 9.17) is 14.6 Å². The summed E-state index contributed by atoms with van der Waals surface area (Å²) in [6.45, 7) is 6.11. The molecule has 12 heteroatoms. The minimum Gasteiger partial charge on any atom is -0.479 e. The zero-order chi connectivity index (χ0) is 19.4. The van der Waals surface area contributed by atoms with Gasteiger partial charge in [0.2, 0.25) is 18.2 Å². The summed E-state index contributed by atoms with van der Waals surface area (Å²) >= 11 is 0. The summed E-state index contributed by atoms with van der Waals surface area (Å²) in [7, 11) is 0. The van der Waals surface area contributed by atoms with Crippen LogP contribution in [-0.2, 0) is 9.53 Å². The second kappa shape index (κ2) is 8.40. The molecule has 1 aliphatic heterocycles. The van der Waals surface area contributed by atoms with E-state index in [-0.39, 0.29) is 23.9 Å². The van der Waals surface area contributed by atoms with Crippen molar-refractivity contribution in [2.75, 3.05) is 17.2 Å². The van der Waals surface area contributed by atoms with Crippen LogP contribution in [0.25, 0.3) is 0 Å².